The Bertz CT molecular complexity index is 634. The lowest BCUT2D eigenvalue weighted by Gasteiger charge is -2.34. The van der Waals surface area contributed by atoms with E-state index in [0.717, 1.165) is 25.3 Å². The second kappa shape index (κ2) is 8.06. The van der Waals surface area contributed by atoms with Crippen molar-refractivity contribution in [3.05, 3.63) is 42.4 Å². The molecule has 0 unspecified atom stereocenters. The zero-order valence-corrected chi connectivity index (χ0v) is 14.3. The molecule has 1 fully saturated rings. The topological polar surface area (TPSA) is 72.0 Å². The minimum absolute atomic E-state index is 0.204. The summed E-state index contributed by atoms with van der Waals surface area (Å²) < 4.78 is 5.92. The maximum atomic E-state index is 5.92. The maximum absolute atomic E-state index is 5.92. The molecule has 2 aromatic rings. The van der Waals surface area contributed by atoms with Crippen LogP contribution < -0.4 is 10.6 Å². The second-order valence-electron chi connectivity index (χ2n) is 6.45. The van der Waals surface area contributed by atoms with Gasteiger partial charge in [0.15, 0.2) is 0 Å². The Kier molecular flexibility index (Phi) is 5.59. The molecule has 1 aliphatic heterocycles. The summed E-state index contributed by atoms with van der Waals surface area (Å²) in [7, 11) is 0. The molecule has 2 atom stereocenters. The van der Waals surface area contributed by atoms with Gasteiger partial charge in [0.1, 0.15) is 5.82 Å². The molecular formula is C18H25N5O. The Morgan fingerprint density at radius 2 is 2.04 bits per heavy atom. The van der Waals surface area contributed by atoms with Crippen molar-refractivity contribution in [1.82, 2.24) is 15.0 Å². The van der Waals surface area contributed by atoms with Crippen LogP contribution in [0, 0.1) is 5.92 Å². The zero-order valence-electron chi connectivity index (χ0n) is 14.3. The van der Waals surface area contributed by atoms with Gasteiger partial charge in [-0.2, -0.15) is 4.98 Å². The van der Waals surface area contributed by atoms with Gasteiger partial charge in [-0.15, -0.1) is 0 Å². The second-order valence-corrected chi connectivity index (χ2v) is 6.45. The van der Waals surface area contributed by atoms with E-state index in [-0.39, 0.29) is 12.1 Å². The van der Waals surface area contributed by atoms with Crippen molar-refractivity contribution in [2.75, 3.05) is 17.2 Å². The molecule has 0 amide bonds. The minimum atomic E-state index is 0.204. The Morgan fingerprint density at radius 1 is 1.21 bits per heavy atom. The van der Waals surface area contributed by atoms with Crippen molar-refractivity contribution in [2.24, 2.45) is 5.92 Å². The summed E-state index contributed by atoms with van der Waals surface area (Å²) in [5, 5.41) is 6.78. The Hall–Kier alpha value is -2.21. The van der Waals surface area contributed by atoms with E-state index in [1.807, 2.05) is 18.2 Å². The Balaban J connectivity index is 1.62. The van der Waals surface area contributed by atoms with Gasteiger partial charge in [-0.3, -0.25) is 4.98 Å². The first-order valence-electron chi connectivity index (χ1n) is 8.56. The van der Waals surface area contributed by atoms with Crippen molar-refractivity contribution in [2.45, 2.75) is 45.4 Å². The fourth-order valence-electron chi connectivity index (χ4n) is 3.00. The van der Waals surface area contributed by atoms with Crippen molar-refractivity contribution in [1.29, 1.82) is 0 Å². The summed E-state index contributed by atoms with van der Waals surface area (Å²) in [6.45, 7) is 5.94. The predicted octanol–water partition coefficient (Wildman–Crippen LogP) is 3.10. The van der Waals surface area contributed by atoms with E-state index < -0.39 is 0 Å². The third-order valence-corrected chi connectivity index (χ3v) is 4.22. The largest absolute Gasteiger partial charge is 0.376 e. The smallest absolute Gasteiger partial charge is 0.224 e. The van der Waals surface area contributed by atoms with Crippen LogP contribution >= 0.6 is 0 Å². The summed E-state index contributed by atoms with van der Waals surface area (Å²) in [4.78, 5) is 13.0. The standard InChI is InChI=1S/C18H25N5O/c1-13(2)17-15(4-3-11-24-17)22-18-20-10-7-16(23-18)21-12-14-5-8-19-9-6-14/h5-10,13,15,17H,3-4,11-12H2,1-2H3,(H2,20,21,22,23)/t15-,17+/m0/s1. The summed E-state index contributed by atoms with van der Waals surface area (Å²) >= 11 is 0. The molecule has 0 spiro atoms. The van der Waals surface area contributed by atoms with Gasteiger partial charge in [0.2, 0.25) is 5.95 Å². The van der Waals surface area contributed by atoms with Crippen LogP contribution in [0.2, 0.25) is 0 Å². The van der Waals surface area contributed by atoms with Crippen LogP contribution in [-0.4, -0.2) is 33.7 Å². The van der Waals surface area contributed by atoms with Crippen LogP contribution in [-0.2, 0) is 11.3 Å². The summed E-state index contributed by atoms with van der Waals surface area (Å²) in [6.07, 6.45) is 7.72. The lowest BCUT2D eigenvalue weighted by Crippen LogP contribution is -2.43. The van der Waals surface area contributed by atoms with Crippen LogP contribution in [0.4, 0.5) is 11.8 Å². The van der Waals surface area contributed by atoms with Crippen LogP contribution in [0.25, 0.3) is 0 Å². The number of nitrogens with one attached hydrogen (secondary N) is 2. The molecule has 0 aliphatic carbocycles. The van der Waals surface area contributed by atoms with Gasteiger partial charge >= 0.3 is 0 Å². The van der Waals surface area contributed by atoms with Gasteiger partial charge in [0.25, 0.3) is 0 Å². The first kappa shape index (κ1) is 16.6. The first-order chi connectivity index (χ1) is 11.7. The number of aromatic nitrogens is 3. The third kappa shape index (κ3) is 4.41. The highest BCUT2D eigenvalue weighted by Crippen LogP contribution is 2.23. The number of rotatable bonds is 6. The van der Waals surface area contributed by atoms with Gasteiger partial charge in [-0.1, -0.05) is 13.8 Å². The van der Waals surface area contributed by atoms with Gasteiger partial charge in [-0.25, -0.2) is 4.98 Å². The molecule has 1 saturated heterocycles. The lowest BCUT2D eigenvalue weighted by molar-refractivity contribution is -0.0203. The van der Waals surface area contributed by atoms with E-state index in [1.165, 1.54) is 5.56 Å². The summed E-state index contributed by atoms with van der Waals surface area (Å²) in [5.41, 5.74) is 1.17. The zero-order chi connectivity index (χ0) is 16.8. The first-order valence-corrected chi connectivity index (χ1v) is 8.56. The maximum Gasteiger partial charge on any atom is 0.224 e. The van der Waals surface area contributed by atoms with Crippen molar-refractivity contribution in [3.8, 4) is 0 Å². The molecule has 3 rings (SSSR count). The van der Waals surface area contributed by atoms with Crippen molar-refractivity contribution < 1.29 is 4.74 Å². The van der Waals surface area contributed by atoms with E-state index in [9.17, 15) is 0 Å². The van der Waals surface area contributed by atoms with Gasteiger partial charge in [-0.05, 0) is 42.5 Å². The van der Waals surface area contributed by atoms with Gasteiger partial charge < -0.3 is 15.4 Å². The van der Waals surface area contributed by atoms with Crippen molar-refractivity contribution in [3.63, 3.8) is 0 Å². The molecule has 0 saturated carbocycles. The van der Waals surface area contributed by atoms with Gasteiger partial charge in [0, 0.05) is 31.7 Å². The van der Waals surface area contributed by atoms with Crippen LogP contribution in [0.3, 0.4) is 0 Å². The third-order valence-electron chi connectivity index (χ3n) is 4.22. The van der Waals surface area contributed by atoms with E-state index in [0.29, 0.717) is 18.4 Å². The van der Waals surface area contributed by atoms with Crippen LogP contribution in [0.5, 0.6) is 0 Å². The molecule has 2 aromatic heterocycles. The summed E-state index contributed by atoms with van der Waals surface area (Å²) in [6, 6.07) is 6.11. The van der Waals surface area contributed by atoms with Crippen LogP contribution in [0.15, 0.2) is 36.8 Å². The lowest BCUT2D eigenvalue weighted by atomic mass is 9.94. The average Bonchev–Trinajstić information content (AvgIpc) is 2.61. The molecule has 2 N–H and O–H groups in total. The highest BCUT2D eigenvalue weighted by molar-refractivity contribution is 5.40. The summed E-state index contributed by atoms with van der Waals surface area (Å²) in [5.74, 6) is 1.92. The predicted molar refractivity (Wildman–Crippen MR) is 94.8 cm³/mol. The monoisotopic (exact) mass is 327 g/mol. The molecule has 0 bridgehead atoms. The van der Waals surface area contributed by atoms with Crippen LogP contribution in [0.1, 0.15) is 32.3 Å². The molecule has 24 heavy (non-hydrogen) atoms. The number of ether oxygens (including phenoxy) is 1. The number of pyridine rings is 1. The molecule has 0 aromatic carbocycles. The highest BCUT2D eigenvalue weighted by atomic mass is 16.5. The molecular weight excluding hydrogens is 302 g/mol. The Labute approximate surface area is 143 Å². The number of hydrogen-bond donors (Lipinski definition) is 2. The number of anilines is 2. The minimum Gasteiger partial charge on any atom is -0.376 e. The average molecular weight is 327 g/mol. The molecule has 128 valence electrons. The normalized spacial score (nSPS) is 20.8. The molecule has 0 radical (unpaired) electrons. The molecule has 1 aliphatic rings. The number of nitrogens with zero attached hydrogens (tertiary/aromatic N) is 3. The molecule has 3 heterocycles. The number of hydrogen-bond acceptors (Lipinski definition) is 6. The fraction of sp³-hybridized carbons (Fsp3) is 0.500. The quantitative estimate of drug-likeness (QED) is 0.849. The molecule has 6 heteroatoms. The van der Waals surface area contributed by atoms with Crippen molar-refractivity contribution >= 4 is 11.8 Å². The SMILES string of the molecule is CC(C)[C@H]1OCCC[C@@H]1Nc1nccc(NCc2ccncc2)n1. The Morgan fingerprint density at radius 3 is 2.83 bits per heavy atom. The molecule has 6 nitrogen and oxygen atoms in total. The fourth-order valence-corrected chi connectivity index (χ4v) is 3.00. The van der Waals surface area contributed by atoms with Gasteiger partial charge in [0.05, 0.1) is 12.1 Å². The van der Waals surface area contributed by atoms with E-state index in [4.69, 9.17) is 4.74 Å². The van der Waals surface area contributed by atoms with E-state index in [2.05, 4.69) is 39.4 Å². The van der Waals surface area contributed by atoms with E-state index >= 15 is 0 Å². The highest BCUT2D eigenvalue weighted by Gasteiger charge is 2.28. The van der Waals surface area contributed by atoms with E-state index in [1.54, 1.807) is 18.6 Å².